The number of ether oxygens (including phenoxy) is 1. The van der Waals surface area contributed by atoms with Gasteiger partial charge in [-0.1, -0.05) is 27.7 Å². The van der Waals surface area contributed by atoms with E-state index in [-0.39, 0.29) is 23.7 Å². The molecule has 13 heavy (non-hydrogen) atoms. The van der Waals surface area contributed by atoms with Crippen molar-refractivity contribution in [3.63, 3.8) is 0 Å². The molecule has 2 atom stereocenters. The molecule has 0 aliphatic rings. The first-order valence-corrected chi connectivity index (χ1v) is 5.20. The summed E-state index contributed by atoms with van der Waals surface area (Å²) in [6, 6.07) is 0.141. The molecule has 0 saturated carbocycles. The molecular weight excluding hydrogens is 162 g/mol. The van der Waals surface area contributed by atoms with Crippen LogP contribution in [0.25, 0.3) is 0 Å². The molecular formula is C11H25NO. The standard InChI is InChI=1S/C11H25NO/c1-7-9(12)10(11(4,5)6)13-8(2)3/h8-10H,7,12H2,1-6H3. The molecule has 2 unspecified atom stereocenters. The zero-order valence-electron chi connectivity index (χ0n) is 9.92. The van der Waals surface area contributed by atoms with Crippen LogP contribution in [0.3, 0.4) is 0 Å². The molecule has 2 heteroatoms. The second-order valence-electron chi connectivity index (χ2n) is 5.04. The van der Waals surface area contributed by atoms with Gasteiger partial charge in [-0.15, -0.1) is 0 Å². The largest absolute Gasteiger partial charge is 0.373 e. The Morgan fingerprint density at radius 1 is 1.23 bits per heavy atom. The lowest BCUT2D eigenvalue weighted by molar-refractivity contribution is -0.0656. The molecule has 0 fully saturated rings. The normalized spacial score (nSPS) is 17.5. The molecule has 0 aromatic carbocycles. The quantitative estimate of drug-likeness (QED) is 0.734. The van der Waals surface area contributed by atoms with Crippen LogP contribution in [-0.2, 0) is 4.74 Å². The van der Waals surface area contributed by atoms with Gasteiger partial charge in [-0.05, 0) is 25.7 Å². The Morgan fingerprint density at radius 3 is 1.92 bits per heavy atom. The van der Waals surface area contributed by atoms with E-state index in [9.17, 15) is 0 Å². The van der Waals surface area contributed by atoms with Crippen LogP contribution in [0.4, 0.5) is 0 Å². The molecule has 0 amide bonds. The Labute approximate surface area is 82.8 Å². The zero-order chi connectivity index (χ0) is 10.6. The molecule has 0 aromatic heterocycles. The van der Waals surface area contributed by atoms with Gasteiger partial charge in [0, 0.05) is 6.04 Å². The third-order valence-electron chi connectivity index (χ3n) is 2.13. The van der Waals surface area contributed by atoms with Crippen LogP contribution in [0.2, 0.25) is 0 Å². The Bertz CT molecular complexity index is 138. The van der Waals surface area contributed by atoms with Gasteiger partial charge in [-0.3, -0.25) is 0 Å². The van der Waals surface area contributed by atoms with Crippen molar-refractivity contribution in [2.45, 2.75) is 66.2 Å². The fourth-order valence-electron chi connectivity index (χ4n) is 1.45. The van der Waals surface area contributed by atoms with Gasteiger partial charge in [-0.25, -0.2) is 0 Å². The van der Waals surface area contributed by atoms with Crippen molar-refractivity contribution in [3.05, 3.63) is 0 Å². The lowest BCUT2D eigenvalue weighted by Crippen LogP contribution is -2.46. The van der Waals surface area contributed by atoms with Gasteiger partial charge < -0.3 is 10.5 Å². The maximum Gasteiger partial charge on any atom is 0.0777 e. The summed E-state index contributed by atoms with van der Waals surface area (Å²) in [5.74, 6) is 0. The van der Waals surface area contributed by atoms with Crippen molar-refractivity contribution in [2.75, 3.05) is 0 Å². The summed E-state index contributed by atoms with van der Waals surface area (Å²) < 4.78 is 5.84. The van der Waals surface area contributed by atoms with Gasteiger partial charge in [0.15, 0.2) is 0 Å². The Kier molecular flexibility index (Phi) is 4.93. The maximum atomic E-state index is 6.03. The molecule has 0 aliphatic heterocycles. The minimum atomic E-state index is 0.125. The van der Waals surface area contributed by atoms with E-state index in [1.807, 2.05) is 0 Å². The average Bonchev–Trinajstić information content (AvgIpc) is 1.96. The predicted octanol–water partition coefficient (Wildman–Crippen LogP) is 2.56. The minimum Gasteiger partial charge on any atom is -0.373 e. The van der Waals surface area contributed by atoms with Crippen LogP contribution in [0.5, 0.6) is 0 Å². The summed E-state index contributed by atoms with van der Waals surface area (Å²) in [4.78, 5) is 0. The van der Waals surface area contributed by atoms with E-state index in [1.165, 1.54) is 0 Å². The van der Waals surface area contributed by atoms with E-state index >= 15 is 0 Å². The molecule has 0 heterocycles. The lowest BCUT2D eigenvalue weighted by Gasteiger charge is -2.36. The summed E-state index contributed by atoms with van der Waals surface area (Å²) in [6.45, 7) is 12.7. The van der Waals surface area contributed by atoms with Crippen LogP contribution in [-0.4, -0.2) is 18.2 Å². The highest BCUT2D eigenvalue weighted by Gasteiger charge is 2.30. The first-order valence-electron chi connectivity index (χ1n) is 5.20. The third kappa shape index (κ3) is 4.63. The van der Waals surface area contributed by atoms with E-state index in [4.69, 9.17) is 10.5 Å². The van der Waals surface area contributed by atoms with Gasteiger partial charge in [-0.2, -0.15) is 0 Å². The monoisotopic (exact) mass is 187 g/mol. The highest BCUT2D eigenvalue weighted by molar-refractivity contribution is 4.83. The second-order valence-corrected chi connectivity index (χ2v) is 5.04. The fourth-order valence-corrected chi connectivity index (χ4v) is 1.45. The molecule has 0 aromatic rings. The number of nitrogens with two attached hydrogens (primary N) is 1. The Morgan fingerprint density at radius 2 is 1.69 bits per heavy atom. The van der Waals surface area contributed by atoms with Gasteiger partial charge in [0.25, 0.3) is 0 Å². The van der Waals surface area contributed by atoms with Crippen LogP contribution < -0.4 is 5.73 Å². The summed E-state index contributed by atoms with van der Waals surface area (Å²) in [5.41, 5.74) is 6.15. The van der Waals surface area contributed by atoms with Gasteiger partial charge in [0.2, 0.25) is 0 Å². The first-order chi connectivity index (χ1) is 5.79. The summed E-state index contributed by atoms with van der Waals surface area (Å²) in [5, 5.41) is 0. The number of rotatable bonds is 4. The first kappa shape index (κ1) is 12.9. The molecule has 0 saturated heterocycles. The summed E-state index contributed by atoms with van der Waals surface area (Å²) in [7, 11) is 0. The van der Waals surface area contributed by atoms with E-state index in [0.29, 0.717) is 0 Å². The third-order valence-corrected chi connectivity index (χ3v) is 2.13. The van der Waals surface area contributed by atoms with E-state index in [2.05, 4.69) is 41.5 Å². The second kappa shape index (κ2) is 4.97. The van der Waals surface area contributed by atoms with E-state index in [0.717, 1.165) is 6.42 Å². The topological polar surface area (TPSA) is 35.2 Å². The van der Waals surface area contributed by atoms with Crippen molar-refractivity contribution in [3.8, 4) is 0 Å². The molecule has 0 spiro atoms. The summed E-state index contributed by atoms with van der Waals surface area (Å²) in [6.07, 6.45) is 1.37. The van der Waals surface area contributed by atoms with Gasteiger partial charge in [0.05, 0.1) is 12.2 Å². The molecule has 0 radical (unpaired) electrons. The molecule has 2 nitrogen and oxygen atoms in total. The number of hydrogen-bond acceptors (Lipinski definition) is 2. The Balaban J connectivity index is 4.37. The highest BCUT2D eigenvalue weighted by Crippen LogP contribution is 2.26. The smallest absolute Gasteiger partial charge is 0.0777 e. The van der Waals surface area contributed by atoms with Crippen molar-refractivity contribution in [2.24, 2.45) is 11.1 Å². The van der Waals surface area contributed by atoms with E-state index in [1.54, 1.807) is 0 Å². The summed E-state index contributed by atoms with van der Waals surface area (Å²) >= 11 is 0. The fraction of sp³-hybridized carbons (Fsp3) is 1.00. The van der Waals surface area contributed by atoms with E-state index < -0.39 is 0 Å². The Hall–Kier alpha value is -0.0800. The van der Waals surface area contributed by atoms with Gasteiger partial charge >= 0.3 is 0 Å². The molecule has 2 N–H and O–H groups in total. The molecule has 80 valence electrons. The lowest BCUT2D eigenvalue weighted by atomic mass is 9.84. The van der Waals surface area contributed by atoms with Crippen molar-refractivity contribution in [1.82, 2.24) is 0 Å². The van der Waals surface area contributed by atoms with Crippen molar-refractivity contribution in [1.29, 1.82) is 0 Å². The van der Waals surface area contributed by atoms with Crippen LogP contribution in [0, 0.1) is 5.41 Å². The molecule has 0 rings (SSSR count). The van der Waals surface area contributed by atoms with Crippen molar-refractivity contribution >= 4 is 0 Å². The van der Waals surface area contributed by atoms with Crippen LogP contribution >= 0.6 is 0 Å². The number of hydrogen-bond donors (Lipinski definition) is 1. The minimum absolute atomic E-state index is 0.125. The SMILES string of the molecule is CCC(N)C(OC(C)C)C(C)(C)C. The molecule has 0 aliphatic carbocycles. The molecule has 0 bridgehead atoms. The highest BCUT2D eigenvalue weighted by atomic mass is 16.5. The zero-order valence-corrected chi connectivity index (χ0v) is 9.92. The maximum absolute atomic E-state index is 6.03. The van der Waals surface area contributed by atoms with Crippen molar-refractivity contribution < 1.29 is 4.74 Å². The average molecular weight is 187 g/mol. The van der Waals surface area contributed by atoms with Crippen LogP contribution in [0.15, 0.2) is 0 Å². The van der Waals surface area contributed by atoms with Crippen LogP contribution in [0.1, 0.15) is 48.0 Å². The predicted molar refractivity (Wildman–Crippen MR) is 57.7 cm³/mol. The van der Waals surface area contributed by atoms with Gasteiger partial charge in [0.1, 0.15) is 0 Å².